The Labute approximate surface area is 87.9 Å². The number of hydrogen-bond acceptors (Lipinski definition) is 2. The Morgan fingerprint density at radius 1 is 0.786 bits per heavy atom. The largest absolute Gasteiger partial charge is 0.240 e. The maximum absolute atomic E-state index is 2.27. The number of rotatable bonds is 0. The van der Waals surface area contributed by atoms with Gasteiger partial charge in [0.05, 0.1) is 0 Å². The molecule has 0 aromatic heterocycles. The van der Waals surface area contributed by atoms with Crippen molar-refractivity contribution in [2.75, 3.05) is 27.2 Å². The molecule has 1 heterocycles. The number of likely N-dealkylation sites (N-methyl/N-ethyl adjacent to an activating group) is 2. The molecule has 0 unspecified atom stereocenters. The lowest BCUT2D eigenvalue weighted by Gasteiger charge is -2.37. The van der Waals surface area contributed by atoms with Crippen LogP contribution in [0.25, 0.3) is 0 Å². The van der Waals surface area contributed by atoms with Crippen molar-refractivity contribution in [1.82, 2.24) is 10.0 Å². The molecule has 80 valence electrons. The van der Waals surface area contributed by atoms with Gasteiger partial charge in [-0.15, -0.1) is 0 Å². The summed E-state index contributed by atoms with van der Waals surface area (Å²) in [6.07, 6.45) is 0. The summed E-state index contributed by atoms with van der Waals surface area (Å²) in [6.45, 7) is 10.9. The van der Waals surface area contributed by atoms with Crippen molar-refractivity contribution < 1.29 is 0 Å². The summed E-state index contributed by atoms with van der Waals surface area (Å²) in [7, 11) is 4.29. The van der Waals surface area contributed by atoms with E-state index in [2.05, 4.69) is 51.8 Å². The summed E-state index contributed by atoms with van der Waals surface area (Å²) < 4.78 is 0. The van der Waals surface area contributed by atoms with E-state index < -0.39 is 0 Å². The van der Waals surface area contributed by atoms with Crippen molar-refractivity contribution in [3.8, 4) is 0 Å². The van der Waals surface area contributed by atoms with Gasteiger partial charge in [-0.3, -0.25) is 0 Å². The zero-order valence-corrected chi connectivity index (χ0v) is 10.3. The van der Waals surface area contributed by atoms with Crippen LogP contribution in [0, 0.1) is 0 Å². The molecule has 1 aliphatic heterocycles. The lowest BCUT2D eigenvalue weighted by atomic mass is 9.95. The third-order valence-electron chi connectivity index (χ3n) is 2.93. The fourth-order valence-electron chi connectivity index (χ4n) is 1.81. The number of allylic oxidation sites excluding steroid dienone is 2. The second-order valence-electron chi connectivity index (χ2n) is 4.59. The van der Waals surface area contributed by atoms with Crippen LogP contribution in [0.5, 0.6) is 0 Å². The van der Waals surface area contributed by atoms with Crippen LogP contribution in [-0.2, 0) is 0 Å². The second kappa shape index (κ2) is 4.28. The molecule has 0 aliphatic carbocycles. The first-order chi connectivity index (χ1) is 6.43. The molecule has 0 aromatic rings. The van der Waals surface area contributed by atoms with Gasteiger partial charge in [0.15, 0.2) is 0 Å². The van der Waals surface area contributed by atoms with Gasteiger partial charge in [0.2, 0.25) is 0 Å². The van der Waals surface area contributed by atoms with E-state index in [0.717, 1.165) is 13.1 Å². The molecule has 0 N–H and O–H groups in total. The summed E-state index contributed by atoms with van der Waals surface area (Å²) in [5.41, 5.74) is 5.93. The van der Waals surface area contributed by atoms with E-state index >= 15 is 0 Å². The van der Waals surface area contributed by atoms with E-state index in [-0.39, 0.29) is 0 Å². The normalized spacial score (nSPS) is 20.1. The average molecular weight is 194 g/mol. The van der Waals surface area contributed by atoms with Crippen molar-refractivity contribution in [3.63, 3.8) is 0 Å². The maximum atomic E-state index is 2.27. The van der Waals surface area contributed by atoms with Gasteiger partial charge in [0, 0.05) is 27.2 Å². The molecule has 0 spiro atoms. The molecule has 0 bridgehead atoms. The highest BCUT2D eigenvalue weighted by molar-refractivity contribution is 5.40. The third-order valence-corrected chi connectivity index (χ3v) is 2.93. The van der Waals surface area contributed by atoms with Gasteiger partial charge in [0.1, 0.15) is 0 Å². The minimum Gasteiger partial charge on any atom is -0.240 e. The van der Waals surface area contributed by atoms with Crippen LogP contribution in [0.3, 0.4) is 0 Å². The van der Waals surface area contributed by atoms with Gasteiger partial charge in [-0.05, 0) is 38.8 Å². The Balaban J connectivity index is 3.06. The summed E-state index contributed by atoms with van der Waals surface area (Å²) in [5, 5.41) is 4.55. The van der Waals surface area contributed by atoms with Gasteiger partial charge in [-0.2, -0.15) is 0 Å². The van der Waals surface area contributed by atoms with Gasteiger partial charge in [-0.1, -0.05) is 11.1 Å². The van der Waals surface area contributed by atoms with Crippen molar-refractivity contribution in [3.05, 3.63) is 22.3 Å². The van der Waals surface area contributed by atoms with E-state index in [1.807, 2.05) is 0 Å². The molecule has 0 aromatic carbocycles. The number of nitrogens with zero attached hydrogens (tertiary/aromatic N) is 2. The van der Waals surface area contributed by atoms with Crippen LogP contribution in [-0.4, -0.2) is 37.2 Å². The first-order valence-corrected chi connectivity index (χ1v) is 5.18. The lowest BCUT2D eigenvalue weighted by Crippen LogP contribution is -2.44. The van der Waals surface area contributed by atoms with E-state index in [1.165, 1.54) is 22.3 Å². The summed E-state index contributed by atoms with van der Waals surface area (Å²) in [6, 6.07) is 0. The minimum atomic E-state index is 1.04. The molecule has 14 heavy (non-hydrogen) atoms. The molecule has 0 radical (unpaired) electrons. The number of hydrazine groups is 1. The first kappa shape index (κ1) is 11.5. The second-order valence-corrected chi connectivity index (χ2v) is 4.59. The zero-order valence-electron chi connectivity index (χ0n) is 10.3. The standard InChI is InChI=1S/C12H22N2/c1-9(2)11-7-13(5)14(6)8-12(11)10(3)4/h7-8H2,1-6H3. The Morgan fingerprint density at radius 3 is 1.29 bits per heavy atom. The quantitative estimate of drug-likeness (QED) is 0.584. The Kier molecular flexibility index (Phi) is 3.51. The maximum Gasteiger partial charge on any atom is 0.0383 e. The molecular formula is C12H22N2. The molecule has 0 atom stereocenters. The van der Waals surface area contributed by atoms with E-state index in [1.54, 1.807) is 0 Å². The van der Waals surface area contributed by atoms with Gasteiger partial charge in [0.25, 0.3) is 0 Å². The molecule has 2 nitrogen and oxygen atoms in total. The van der Waals surface area contributed by atoms with Crippen LogP contribution < -0.4 is 0 Å². The molecule has 0 amide bonds. The van der Waals surface area contributed by atoms with Crippen LogP contribution in [0.15, 0.2) is 22.3 Å². The van der Waals surface area contributed by atoms with Crippen LogP contribution in [0.4, 0.5) is 0 Å². The first-order valence-electron chi connectivity index (χ1n) is 5.18. The van der Waals surface area contributed by atoms with Crippen molar-refractivity contribution in [2.45, 2.75) is 27.7 Å². The van der Waals surface area contributed by atoms with Crippen LogP contribution in [0.2, 0.25) is 0 Å². The molecule has 1 rings (SSSR count). The Morgan fingerprint density at radius 2 is 1.07 bits per heavy atom. The highest BCUT2D eigenvalue weighted by atomic mass is 15.6. The van der Waals surface area contributed by atoms with Crippen LogP contribution in [0.1, 0.15) is 27.7 Å². The van der Waals surface area contributed by atoms with Crippen molar-refractivity contribution >= 4 is 0 Å². The van der Waals surface area contributed by atoms with E-state index in [9.17, 15) is 0 Å². The molecule has 1 aliphatic rings. The fourth-order valence-corrected chi connectivity index (χ4v) is 1.81. The monoisotopic (exact) mass is 194 g/mol. The predicted molar refractivity (Wildman–Crippen MR) is 62.0 cm³/mol. The fraction of sp³-hybridized carbons (Fsp3) is 0.667. The van der Waals surface area contributed by atoms with E-state index in [0.29, 0.717) is 0 Å². The molecule has 1 fully saturated rings. The summed E-state index contributed by atoms with van der Waals surface area (Å²) in [4.78, 5) is 0. The van der Waals surface area contributed by atoms with Crippen LogP contribution >= 0.6 is 0 Å². The van der Waals surface area contributed by atoms with E-state index in [4.69, 9.17) is 0 Å². The average Bonchev–Trinajstić information content (AvgIpc) is 2.08. The molecule has 2 heteroatoms. The molecule has 1 saturated heterocycles. The number of hydrogen-bond donors (Lipinski definition) is 0. The summed E-state index contributed by atoms with van der Waals surface area (Å²) in [5.74, 6) is 0. The van der Waals surface area contributed by atoms with Gasteiger partial charge in [-0.25, -0.2) is 10.0 Å². The molecular weight excluding hydrogens is 172 g/mol. The van der Waals surface area contributed by atoms with Gasteiger partial charge >= 0.3 is 0 Å². The third kappa shape index (κ3) is 2.25. The lowest BCUT2D eigenvalue weighted by molar-refractivity contribution is 0.0344. The van der Waals surface area contributed by atoms with Crippen molar-refractivity contribution in [1.29, 1.82) is 0 Å². The minimum absolute atomic E-state index is 1.04. The van der Waals surface area contributed by atoms with Gasteiger partial charge < -0.3 is 0 Å². The zero-order chi connectivity index (χ0) is 10.9. The predicted octanol–water partition coefficient (Wildman–Crippen LogP) is 2.45. The summed E-state index contributed by atoms with van der Waals surface area (Å²) >= 11 is 0. The van der Waals surface area contributed by atoms with Crippen molar-refractivity contribution in [2.24, 2.45) is 0 Å². The highest BCUT2D eigenvalue weighted by Gasteiger charge is 2.21. The Bertz CT molecular complexity index is 249. The smallest absolute Gasteiger partial charge is 0.0383 e. The highest BCUT2D eigenvalue weighted by Crippen LogP contribution is 2.24. The topological polar surface area (TPSA) is 6.48 Å². The Hall–Kier alpha value is -0.600. The molecule has 0 saturated carbocycles. The SMILES string of the molecule is CC(C)=C1CN(C)N(C)CC1=C(C)C.